The van der Waals surface area contributed by atoms with Gasteiger partial charge in [-0.1, -0.05) is 30.3 Å². The second-order valence-electron chi connectivity index (χ2n) is 5.83. The number of aromatic nitrogens is 2. The maximum Gasteiger partial charge on any atom is 0.157 e. The van der Waals surface area contributed by atoms with Gasteiger partial charge < -0.3 is 9.84 Å². The molecule has 1 atom stereocenters. The summed E-state index contributed by atoms with van der Waals surface area (Å²) in [4.78, 5) is 11.2. The third-order valence-corrected chi connectivity index (χ3v) is 4.00. The Morgan fingerprint density at radius 1 is 1.17 bits per heavy atom. The van der Waals surface area contributed by atoms with E-state index in [1.165, 1.54) is 5.56 Å². The van der Waals surface area contributed by atoms with Crippen LogP contribution in [0, 0.1) is 0 Å². The predicted molar refractivity (Wildman–Crippen MR) is 87.6 cm³/mol. The van der Waals surface area contributed by atoms with Crippen LogP contribution in [0.5, 0.6) is 0 Å². The molecule has 3 rings (SSSR count). The summed E-state index contributed by atoms with van der Waals surface area (Å²) in [6.07, 6.45) is 3.91. The van der Waals surface area contributed by atoms with Gasteiger partial charge >= 0.3 is 0 Å². The van der Waals surface area contributed by atoms with Gasteiger partial charge in [-0.15, -0.1) is 0 Å². The Bertz CT molecular complexity index is 600. The molecule has 0 saturated carbocycles. The quantitative estimate of drug-likeness (QED) is 0.850. The molecule has 0 aliphatic carbocycles. The first-order valence-corrected chi connectivity index (χ1v) is 8.16. The topological polar surface area (TPSA) is 58.5 Å². The summed E-state index contributed by atoms with van der Waals surface area (Å²) >= 11 is 0. The average Bonchev–Trinajstić information content (AvgIpc) is 3.11. The molecule has 23 heavy (non-hydrogen) atoms. The lowest BCUT2D eigenvalue weighted by molar-refractivity contribution is 0.104. The molecule has 1 fully saturated rings. The van der Waals surface area contributed by atoms with Crippen LogP contribution < -0.4 is 0 Å². The summed E-state index contributed by atoms with van der Waals surface area (Å²) in [5.74, 6) is 0.781. The molecule has 0 spiro atoms. The van der Waals surface area contributed by atoms with Gasteiger partial charge in [-0.3, -0.25) is 4.90 Å². The Labute approximate surface area is 137 Å². The summed E-state index contributed by atoms with van der Waals surface area (Å²) < 4.78 is 5.66. The maximum absolute atomic E-state index is 9.33. The number of aliphatic hydroxyl groups is 1. The number of benzene rings is 1. The molecule has 1 N–H and O–H groups in total. The van der Waals surface area contributed by atoms with Crippen LogP contribution in [0.4, 0.5) is 0 Å². The molecular weight excluding hydrogens is 290 g/mol. The Kier molecular flexibility index (Phi) is 5.69. The van der Waals surface area contributed by atoms with Crippen molar-refractivity contribution >= 4 is 0 Å². The fraction of sp³-hybridized carbons (Fsp3) is 0.444. The molecule has 2 aromatic rings. The fourth-order valence-corrected chi connectivity index (χ4v) is 2.86. The lowest BCUT2D eigenvalue weighted by atomic mass is 10.2. The average molecular weight is 313 g/mol. The van der Waals surface area contributed by atoms with E-state index in [1.807, 2.05) is 24.3 Å². The van der Waals surface area contributed by atoms with Gasteiger partial charge in [-0.2, -0.15) is 0 Å². The van der Waals surface area contributed by atoms with E-state index >= 15 is 0 Å². The molecule has 0 bridgehead atoms. The van der Waals surface area contributed by atoms with Gasteiger partial charge in [0.25, 0.3) is 0 Å². The van der Waals surface area contributed by atoms with E-state index < -0.39 is 0 Å². The van der Waals surface area contributed by atoms with Crippen LogP contribution in [-0.2, 0) is 17.8 Å². The minimum atomic E-state index is 0.0374. The largest absolute Gasteiger partial charge is 0.395 e. The smallest absolute Gasteiger partial charge is 0.157 e. The fourth-order valence-electron chi connectivity index (χ4n) is 2.86. The number of hydrogen-bond acceptors (Lipinski definition) is 5. The summed E-state index contributed by atoms with van der Waals surface area (Å²) in [5.41, 5.74) is 2.20. The zero-order valence-electron chi connectivity index (χ0n) is 13.3. The summed E-state index contributed by atoms with van der Waals surface area (Å²) in [6.45, 7) is 3.03. The Morgan fingerprint density at radius 3 is 2.78 bits per heavy atom. The molecule has 1 aromatic heterocycles. The van der Waals surface area contributed by atoms with Crippen LogP contribution in [-0.4, -0.2) is 39.7 Å². The zero-order chi connectivity index (χ0) is 15.9. The Morgan fingerprint density at radius 2 is 2.04 bits per heavy atom. The van der Waals surface area contributed by atoms with E-state index in [0.29, 0.717) is 13.1 Å². The molecule has 1 aliphatic rings. The first kappa shape index (κ1) is 16.1. The van der Waals surface area contributed by atoms with Gasteiger partial charge in [0.2, 0.25) is 0 Å². The zero-order valence-corrected chi connectivity index (χ0v) is 13.3. The molecule has 1 saturated heterocycles. The van der Waals surface area contributed by atoms with Crippen LogP contribution in [0.3, 0.4) is 0 Å². The van der Waals surface area contributed by atoms with Crippen molar-refractivity contribution in [3.8, 4) is 0 Å². The highest BCUT2D eigenvalue weighted by molar-refractivity contribution is 5.15. The first-order valence-electron chi connectivity index (χ1n) is 8.16. The number of ether oxygens (including phenoxy) is 1. The molecule has 5 heteroatoms. The second kappa shape index (κ2) is 8.15. The molecule has 0 radical (unpaired) electrons. The maximum atomic E-state index is 9.33. The van der Waals surface area contributed by atoms with E-state index in [0.717, 1.165) is 37.5 Å². The van der Waals surface area contributed by atoms with Crippen molar-refractivity contribution in [2.45, 2.75) is 32.0 Å². The van der Waals surface area contributed by atoms with E-state index in [-0.39, 0.29) is 12.7 Å². The monoisotopic (exact) mass is 313 g/mol. The summed E-state index contributed by atoms with van der Waals surface area (Å²) in [5, 5.41) is 9.33. The molecule has 1 aliphatic heterocycles. The van der Waals surface area contributed by atoms with Crippen molar-refractivity contribution in [3.05, 3.63) is 59.7 Å². The molecule has 0 unspecified atom stereocenters. The number of hydrogen-bond donors (Lipinski definition) is 1. The van der Waals surface area contributed by atoms with Crippen molar-refractivity contribution in [2.24, 2.45) is 0 Å². The molecule has 5 nitrogen and oxygen atoms in total. The van der Waals surface area contributed by atoms with Crippen molar-refractivity contribution in [1.29, 1.82) is 0 Å². The molecule has 122 valence electrons. The lowest BCUT2D eigenvalue weighted by Crippen LogP contribution is -2.26. The standard InChI is InChI=1S/C18H23N3O2/c22-11-10-21(13-15-5-2-1-3-6-15)14-16-8-9-19-18(20-16)17-7-4-12-23-17/h1-3,5-6,8-9,17,22H,4,7,10-14H2/t17-/m1/s1. The molecule has 2 heterocycles. The highest BCUT2D eigenvalue weighted by atomic mass is 16.5. The van der Waals surface area contributed by atoms with E-state index in [1.54, 1.807) is 6.20 Å². The summed E-state index contributed by atoms with van der Waals surface area (Å²) in [6, 6.07) is 12.2. The first-order chi connectivity index (χ1) is 11.3. The minimum Gasteiger partial charge on any atom is -0.395 e. The normalized spacial score (nSPS) is 17.7. The lowest BCUT2D eigenvalue weighted by Gasteiger charge is -2.21. The van der Waals surface area contributed by atoms with Crippen LogP contribution in [0.1, 0.15) is 36.0 Å². The molecule has 1 aromatic carbocycles. The van der Waals surface area contributed by atoms with Crippen molar-refractivity contribution in [2.75, 3.05) is 19.8 Å². The van der Waals surface area contributed by atoms with Gasteiger partial charge in [0, 0.05) is 32.4 Å². The van der Waals surface area contributed by atoms with E-state index in [2.05, 4.69) is 27.0 Å². The van der Waals surface area contributed by atoms with Crippen molar-refractivity contribution < 1.29 is 9.84 Å². The highest BCUT2D eigenvalue weighted by Crippen LogP contribution is 2.25. The molecular formula is C18H23N3O2. The van der Waals surface area contributed by atoms with Crippen LogP contribution in [0.15, 0.2) is 42.6 Å². The second-order valence-corrected chi connectivity index (χ2v) is 5.83. The van der Waals surface area contributed by atoms with Crippen molar-refractivity contribution in [3.63, 3.8) is 0 Å². The van der Waals surface area contributed by atoms with Crippen LogP contribution >= 0.6 is 0 Å². The van der Waals surface area contributed by atoms with E-state index in [4.69, 9.17) is 4.74 Å². The third kappa shape index (κ3) is 4.58. The van der Waals surface area contributed by atoms with Crippen molar-refractivity contribution in [1.82, 2.24) is 14.9 Å². The van der Waals surface area contributed by atoms with Crippen LogP contribution in [0.25, 0.3) is 0 Å². The van der Waals surface area contributed by atoms with Gasteiger partial charge in [0.1, 0.15) is 6.10 Å². The van der Waals surface area contributed by atoms with Crippen LogP contribution in [0.2, 0.25) is 0 Å². The highest BCUT2D eigenvalue weighted by Gasteiger charge is 2.20. The van der Waals surface area contributed by atoms with Gasteiger partial charge in [0.05, 0.1) is 12.3 Å². The van der Waals surface area contributed by atoms with Gasteiger partial charge in [-0.25, -0.2) is 9.97 Å². The molecule has 0 amide bonds. The SMILES string of the molecule is OCCN(Cc1ccccc1)Cc1ccnc([C@H]2CCCO2)n1. The number of rotatable bonds is 7. The Hall–Kier alpha value is -1.82. The minimum absolute atomic E-state index is 0.0374. The number of nitrogens with zero attached hydrogens (tertiary/aromatic N) is 3. The third-order valence-electron chi connectivity index (χ3n) is 4.00. The summed E-state index contributed by atoms with van der Waals surface area (Å²) in [7, 11) is 0. The number of aliphatic hydroxyl groups excluding tert-OH is 1. The van der Waals surface area contributed by atoms with Gasteiger partial charge in [-0.05, 0) is 24.5 Å². The van der Waals surface area contributed by atoms with E-state index in [9.17, 15) is 5.11 Å². The van der Waals surface area contributed by atoms with Gasteiger partial charge in [0.15, 0.2) is 5.82 Å². The Balaban J connectivity index is 1.68. The predicted octanol–water partition coefficient (Wildman–Crippen LogP) is 2.32.